The van der Waals surface area contributed by atoms with Crippen LogP contribution in [0.4, 0.5) is 0 Å². The molecule has 116 valence electrons. The van der Waals surface area contributed by atoms with Crippen molar-refractivity contribution in [2.45, 2.75) is 6.92 Å². The number of aromatic nitrogens is 1. The van der Waals surface area contributed by atoms with E-state index < -0.39 is 0 Å². The lowest BCUT2D eigenvalue weighted by Crippen LogP contribution is -2.13. The number of carbonyl (C=O) groups excluding carboxylic acids is 1. The maximum absolute atomic E-state index is 12.9. The van der Waals surface area contributed by atoms with Crippen LogP contribution in [0.1, 0.15) is 28.4 Å². The Hall–Kier alpha value is -2.90. The number of ketones is 1. The molecule has 0 amide bonds. The maximum Gasteiger partial charge on any atom is 0.232 e. The highest BCUT2D eigenvalue weighted by Crippen LogP contribution is 2.45. The minimum absolute atomic E-state index is 0.149. The Morgan fingerprint density at radius 2 is 1.92 bits per heavy atom. The topological polar surface area (TPSA) is 63.0 Å². The standard InChI is InChI=1S/C19H11ClN2O2/c1-2-24-19-12(9-21)15-10-5-3-4-6-11(10)18(23)16-13(20)7-8-14(22-19)17(15)16/h3-8H,2H2,1H3. The number of ether oxygens (including phenoxy) is 1. The molecule has 1 heterocycles. The molecule has 4 nitrogen and oxygen atoms in total. The number of nitrogens with zero attached hydrogens (tertiary/aromatic N) is 2. The van der Waals surface area contributed by atoms with Crippen LogP contribution in [-0.2, 0) is 0 Å². The maximum atomic E-state index is 12.9. The van der Waals surface area contributed by atoms with Crippen molar-refractivity contribution in [3.8, 4) is 23.1 Å². The Morgan fingerprint density at radius 3 is 2.62 bits per heavy atom. The van der Waals surface area contributed by atoms with Crippen LogP contribution >= 0.6 is 11.6 Å². The molecule has 1 aliphatic carbocycles. The highest BCUT2D eigenvalue weighted by molar-refractivity contribution is 6.39. The Labute approximate surface area is 143 Å². The second kappa shape index (κ2) is 5.33. The monoisotopic (exact) mass is 334 g/mol. The van der Waals surface area contributed by atoms with Crippen LogP contribution < -0.4 is 4.74 Å². The number of hydrogen-bond acceptors (Lipinski definition) is 4. The quantitative estimate of drug-likeness (QED) is 0.546. The summed E-state index contributed by atoms with van der Waals surface area (Å²) < 4.78 is 5.56. The van der Waals surface area contributed by atoms with E-state index in [9.17, 15) is 10.1 Å². The number of rotatable bonds is 2. The third kappa shape index (κ3) is 1.85. The number of carbonyl (C=O) groups is 1. The van der Waals surface area contributed by atoms with Crippen molar-refractivity contribution in [1.82, 2.24) is 4.98 Å². The van der Waals surface area contributed by atoms with E-state index in [0.717, 1.165) is 0 Å². The molecular weight excluding hydrogens is 324 g/mol. The molecule has 0 radical (unpaired) electrons. The summed E-state index contributed by atoms with van der Waals surface area (Å²) in [5, 5.41) is 10.7. The summed E-state index contributed by atoms with van der Waals surface area (Å²) in [5.74, 6) is 0.128. The fourth-order valence-corrected chi connectivity index (χ4v) is 3.42. The number of fused-ring (bicyclic) bond motifs is 2. The Morgan fingerprint density at radius 1 is 1.17 bits per heavy atom. The average molecular weight is 335 g/mol. The summed E-state index contributed by atoms with van der Waals surface area (Å²) in [5.41, 5.74) is 3.22. The molecule has 0 fully saturated rings. The van der Waals surface area contributed by atoms with E-state index >= 15 is 0 Å². The predicted octanol–water partition coefficient (Wildman–Crippen LogP) is 4.37. The van der Waals surface area contributed by atoms with Crippen LogP contribution in [0.5, 0.6) is 5.88 Å². The van der Waals surface area contributed by atoms with Crippen LogP contribution in [-0.4, -0.2) is 17.4 Å². The molecule has 0 bridgehead atoms. The minimum Gasteiger partial charge on any atom is -0.477 e. The van der Waals surface area contributed by atoms with Gasteiger partial charge in [0.1, 0.15) is 11.6 Å². The highest BCUT2D eigenvalue weighted by atomic mass is 35.5. The molecule has 0 unspecified atom stereocenters. The lowest BCUT2D eigenvalue weighted by molar-refractivity contribution is 0.104. The molecule has 0 atom stereocenters. The Kier molecular flexibility index (Phi) is 3.26. The first-order chi connectivity index (χ1) is 11.7. The number of nitriles is 1. The molecule has 2 aromatic carbocycles. The molecule has 3 aromatic rings. The van der Waals surface area contributed by atoms with Gasteiger partial charge in [-0.2, -0.15) is 5.26 Å². The van der Waals surface area contributed by atoms with Gasteiger partial charge in [-0.15, -0.1) is 0 Å². The summed E-state index contributed by atoms with van der Waals surface area (Å²) in [6, 6.07) is 12.8. The molecular formula is C19H11ClN2O2. The van der Waals surface area contributed by atoms with E-state index in [1.807, 2.05) is 19.1 Å². The van der Waals surface area contributed by atoms with E-state index in [1.165, 1.54) is 0 Å². The van der Waals surface area contributed by atoms with Gasteiger partial charge in [0.05, 0.1) is 22.7 Å². The van der Waals surface area contributed by atoms with Gasteiger partial charge in [0.25, 0.3) is 0 Å². The fourth-order valence-electron chi connectivity index (χ4n) is 3.18. The summed E-state index contributed by atoms with van der Waals surface area (Å²) in [4.78, 5) is 17.3. The van der Waals surface area contributed by atoms with E-state index in [4.69, 9.17) is 16.3 Å². The second-order valence-electron chi connectivity index (χ2n) is 5.40. The van der Waals surface area contributed by atoms with Crippen LogP contribution in [0.3, 0.4) is 0 Å². The van der Waals surface area contributed by atoms with Gasteiger partial charge in [-0.1, -0.05) is 35.9 Å². The molecule has 1 aliphatic rings. The lowest BCUT2D eigenvalue weighted by atomic mass is 9.82. The third-order valence-electron chi connectivity index (χ3n) is 4.13. The SMILES string of the molecule is CCOc1nc2ccc(Cl)c3c2c(c1C#N)-c1ccccc1C3=O. The van der Waals surface area contributed by atoms with Crippen molar-refractivity contribution in [3.05, 3.63) is 58.1 Å². The van der Waals surface area contributed by atoms with Gasteiger partial charge in [-0.05, 0) is 24.6 Å². The number of halogens is 1. The van der Waals surface area contributed by atoms with Crippen LogP contribution in [0.25, 0.3) is 22.0 Å². The first-order valence-electron chi connectivity index (χ1n) is 7.50. The van der Waals surface area contributed by atoms with Gasteiger partial charge < -0.3 is 4.74 Å². The van der Waals surface area contributed by atoms with E-state index in [1.54, 1.807) is 24.3 Å². The summed E-state index contributed by atoms with van der Waals surface area (Å²) in [6.45, 7) is 2.23. The molecule has 5 heteroatoms. The lowest BCUT2D eigenvalue weighted by Gasteiger charge is -2.22. The van der Waals surface area contributed by atoms with Crippen LogP contribution in [0.2, 0.25) is 5.02 Å². The van der Waals surface area contributed by atoms with Gasteiger partial charge >= 0.3 is 0 Å². The largest absolute Gasteiger partial charge is 0.477 e. The van der Waals surface area contributed by atoms with Crippen LogP contribution in [0, 0.1) is 11.3 Å². The Balaban J connectivity index is 2.28. The first kappa shape index (κ1) is 14.7. The van der Waals surface area contributed by atoms with Crippen molar-refractivity contribution in [1.29, 1.82) is 5.26 Å². The second-order valence-corrected chi connectivity index (χ2v) is 5.81. The normalized spacial score (nSPS) is 12.0. The summed E-state index contributed by atoms with van der Waals surface area (Å²) in [6.07, 6.45) is 0. The van der Waals surface area contributed by atoms with Crippen molar-refractivity contribution in [3.63, 3.8) is 0 Å². The molecule has 0 saturated carbocycles. The zero-order valence-electron chi connectivity index (χ0n) is 12.8. The zero-order valence-corrected chi connectivity index (χ0v) is 13.5. The molecule has 0 spiro atoms. The van der Waals surface area contributed by atoms with E-state index in [2.05, 4.69) is 11.1 Å². The molecule has 0 aliphatic heterocycles. The molecule has 0 N–H and O–H groups in total. The average Bonchev–Trinajstić information content (AvgIpc) is 2.60. The van der Waals surface area contributed by atoms with Gasteiger partial charge in [0, 0.05) is 16.5 Å². The van der Waals surface area contributed by atoms with Gasteiger partial charge in [0.2, 0.25) is 5.88 Å². The smallest absolute Gasteiger partial charge is 0.232 e. The third-order valence-corrected chi connectivity index (χ3v) is 4.44. The number of pyridine rings is 1. The Bertz CT molecular complexity index is 1070. The molecule has 0 saturated heterocycles. The van der Waals surface area contributed by atoms with Gasteiger partial charge in [0.15, 0.2) is 5.78 Å². The summed E-state index contributed by atoms with van der Waals surface area (Å²) in [7, 11) is 0. The molecule has 4 rings (SSSR count). The number of benzene rings is 2. The van der Waals surface area contributed by atoms with Gasteiger partial charge in [-0.25, -0.2) is 4.98 Å². The minimum atomic E-state index is -0.149. The van der Waals surface area contributed by atoms with Crippen molar-refractivity contribution >= 4 is 28.3 Å². The zero-order chi connectivity index (χ0) is 16.8. The van der Waals surface area contributed by atoms with E-state index in [0.29, 0.717) is 50.3 Å². The van der Waals surface area contributed by atoms with Crippen molar-refractivity contribution in [2.24, 2.45) is 0 Å². The first-order valence-corrected chi connectivity index (χ1v) is 7.88. The highest BCUT2D eigenvalue weighted by Gasteiger charge is 2.31. The fraction of sp³-hybridized carbons (Fsp3) is 0.105. The van der Waals surface area contributed by atoms with E-state index in [-0.39, 0.29) is 11.7 Å². The van der Waals surface area contributed by atoms with Crippen molar-refractivity contribution in [2.75, 3.05) is 6.61 Å². The summed E-state index contributed by atoms with van der Waals surface area (Å²) >= 11 is 6.30. The number of hydrogen-bond donors (Lipinski definition) is 0. The van der Waals surface area contributed by atoms with Crippen LogP contribution in [0.15, 0.2) is 36.4 Å². The van der Waals surface area contributed by atoms with Gasteiger partial charge in [-0.3, -0.25) is 4.79 Å². The molecule has 24 heavy (non-hydrogen) atoms. The van der Waals surface area contributed by atoms with Crippen molar-refractivity contribution < 1.29 is 9.53 Å². The molecule has 1 aromatic heterocycles. The predicted molar refractivity (Wildman–Crippen MR) is 91.5 cm³/mol.